The van der Waals surface area contributed by atoms with E-state index in [1.807, 2.05) is 24.3 Å². The number of benzene rings is 2. The number of nitrogens with zero attached hydrogens (tertiary/aromatic N) is 1. The van der Waals surface area contributed by atoms with Crippen molar-refractivity contribution in [1.29, 1.82) is 0 Å². The third-order valence-corrected chi connectivity index (χ3v) is 5.86. The molecule has 0 aromatic heterocycles. The van der Waals surface area contributed by atoms with Gasteiger partial charge in [-0.15, -0.1) is 11.8 Å². The molecule has 0 saturated carbocycles. The first-order valence-electron chi connectivity index (χ1n) is 8.31. The largest absolute Gasteiger partial charge is 0.466 e. The lowest BCUT2D eigenvalue weighted by Gasteiger charge is -2.33. The summed E-state index contributed by atoms with van der Waals surface area (Å²) >= 11 is 1.38. The average molecular weight is 375 g/mol. The first kappa shape index (κ1) is 18.4. The van der Waals surface area contributed by atoms with Gasteiger partial charge in [0.15, 0.2) is 0 Å². The van der Waals surface area contributed by atoms with E-state index in [1.165, 1.54) is 23.9 Å². The van der Waals surface area contributed by atoms with Crippen LogP contribution in [-0.2, 0) is 9.53 Å². The van der Waals surface area contributed by atoms with E-state index in [0.29, 0.717) is 5.56 Å². The average Bonchev–Trinajstić information content (AvgIpc) is 2.62. The van der Waals surface area contributed by atoms with Gasteiger partial charge in [-0.2, -0.15) is 0 Å². The number of halogens is 1. The Kier molecular flexibility index (Phi) is 5.56. The highest BCUT2D eigenvalue weighted by molar-refractivity contribution is 7.99. The molecular formula is C19H18FNO4S. The van der Waals surface area contributed by atoms with Crippen LogP contribution in [-0.4, -0.2) is 23.5 Å². The number of carbonyl (C=O) groups excluding carboxylic acids is 1. The predicted octanol–water partition coefficient (Wildman–Crippen LogP) is 4.35. The monoisotopic (exact) mass is 375 g/mol. The van der Waals surface area contributed by atoms with E-state index >= 15 is 0 Å². The normalized spacial score (nSPS) is 21.7. The summed E-state index contributed by atoms with van der Waals surface area (Å²) in [4.78, 5) is 24.6. The molecule has 0 spiro atoms. The molecule has 2 aromatic rings. The van der Waals surface area contributed by atoms with E-state index in [2.05, 4.69) is 0 Å². The molecule has 3 atom stereocenters. The minimum atomic E-state index is -1.01. The number of nitro groups is 1. The van der Waals surface area contributed by atoms with Crippen LogP contribution in [0.15, 0.2) is 53.4 Å². The number of hydrogen-bond acceptors (Lipinski definition) is 5. The molecule has 1 heterocycles. The van der Waals surface area contributed by atoms with Crippen molar-refractivity contribution >= 4 is 17.7 Å². The second-order valence-electron chi connectivity index (χ2n) is 6.02. The van der Waals surface area contributed by atoms with Gasteiger partial charge in [-0.25, -0.2) is 4.39 Å². The summed E-state index contributed by atoms with van der Waals surface area (Å²) in [6, 6.07) is 12.1. The number of ether oxygens (including phenoxy) is 1. The summed E-state index contributed by atoms with van der Waals surface area (Å²) in [5, 5.41) is 11.4. The summed E-state index contributed by atoms with van der Waals surface area (Å²) in [5.74, 6) is -1.45. The first-order valence-corrected chi connectivity index (χ1v) is 9.19. The lowest BCUT2D eigenvalue weighted by atomic mass is 9.84. The lowest BCUT2D eigenvalue weighted by Crippen LogP contribution is -2.37. The molecule has 1 aliphatic rings. The van der Waals surface area contributed by atoms with Crippen LogP contribution in [0.5, 0.6) is 0 Å². The van der Waals surface area contributed by atoms with Crippen LogP contribution in [0.3, 0.4) is 0 Å². The van der Waals surface area contributed by atoms with E-state index in [1.54, 1.807) is 19.1 Å². The number of esters is 1. The van der Waals surface area contributed by atoms with Gasteiger partial charge in [0, 0.05) is 9.82 Å². The quantitative estimate of drug-likeness (QED) is 0.441. The summed E-state index contributed by atoms with van der Waals surface area (Å²) in [6.45, 7) is 1.93. The van der Waals surface area contributed by atoms with Crippen LogP contribution in [0.4, 0.5) is 4.39 Å². The van der Waals surface area contributed by atoms with Crippen molar-refractivity contribution in [2.24, 2.45) is 0 Å². The highest BCUT2D eigenvalue weighted by Crippen LogP contribution is 2.51. The second-order valence-corrected chi connectivity index (χ2v) is 7.20. The molecule has 0 amide bonds. The Morgan fingerprint density at radius 2 is 1.92 bits per heavy atom. The molecule has 0 aliphatic carbocycles. The number of thioether (sulfide) groups is 1. The van der Waals surface area contributed by atoms with Gasteiger partial charge in [-0.05, 0) is 36.2 Å². The van der Waals surface area contributed by atoms with Crippen molar-refractivity contribution in [3.8, 4) is 0 Å². The number of hydrogen-bond donors (Lipinski definition) is 0. The minimum Gasteiger partial charge on any atom is -0.466 e. The molecule has 136 valence electrons. The molecular weight excluding hydrogens is 357 g/mol. The van der Waals surface area contributed by atoms with Gasteiger partial charge in [-0.3, -0.25) is 14.9 Å². The van der Waals surface area contributed by atoms with Crippen LogP contribution in [0.2, 0.25) is 0 Å². The number of carbonyl (C=O) groups is 1. The van der Waals surface area contributed by atoms with Crippen LogP contribution in [0.25, 0.3) is 0 Å². The van der Waals surface area contributed by atoms with Gasteiger partial charge in [0.05, 0.1) is 18.9 Å². The van der Waals surface area contributed by atoms with Crippen molar-refractivity contribution in [1.82, 2.24) is 0 Å². The Morgan fingerprint density at radius 3 is 2.58 bits per heavy atom. The Bertz CT molecular complexity index is 811. The maximum atomic E-state index is 13.3. The molecule has 3 rings (SSSR count). The maximum Gasteiger partial charge on any atom is 0.306 e. The van der Waals surface area contributed by atoms with Crippen molar-refractivity contribution in [3.63, 3.8) is 0 Å². The minimum absolute atomic E-state index is 0.0608. The highest BCUT2D eigenvalue weighted by Gasteiger charge is 2.47. The molecule has 0 N–H and O–H groups in total. The third kappa shape index (κ3) is 3.72. The van der Waals surface area contributed by atoms with E-state index in [-0.39, 0.29) is 18.0 Å². The van der Waals surface area contributed by atoms with E-state index in [4.69, 9.17) is 4.74 Å². The molecule has 0 bridgehead atoms. The van der Waals surface area contributed by atoms with Crippen molar-refractivity contribution in [2.75, 3.05) is 6.61 Å². The van der Waals surface area contributed by atoms with Crippen LogP contribution in [0, 0.1) is 15.9 Å². The fourth-order valence-electron chi connectivity index (χ4n) is 3.30. The van der Waals surface area contributed by atoms with E-state index in [0.717, 1.165) is 10.5 Å². The van der Waals surface area contributed by atoms with Crippen LogP contribution in [0.1, 0.15) is 35.6 Å². The molecule has 1 aliphatic heterocycles. The predicted molar refractivity (Wildman–Crippen MR) is 96.2 cm³/mol. The molecule has 2 aromatic carbocycles. The van der Waals surface area contributed by atoms with Gasteiger partial charge >= 0.3 is 5.97 Å². The molecule has 0 radical (unpaired) electrons. The summed E-state index contributed by atoms with van der Waals surface area (Å²) < 4.78 is 18.3. The van der Waals surface area contributed by atoms with Gasteiger partial charge in [0.25, 0.3) is 0 Å². The topological polar surface area (TPSA) is 69.4 Å². The van der Waals surface area contributed by atoms with Gasteiger partial charge in [-0.1, -0.05) is 30.3 Å². The summed E-state index contributed by atoms with van der Waals surface area (Å²) in [7, 11) is 0. The number of fused-ring (bicyclic) bond motifs is 1. The molecule has 7 heteroatoms. The SMILES string of the molecule is CCOC(=O)C[C@@H]1c2ccccc2S[C@H](c2ccc(F)cc2)[C@H]1[N+](=O)[O-]. The maximum absolute atomic E-state index is 13.3. The second kappa shape index (κ2) is 7.86. The van der Waals surface area contributed by atoms with Crippen molar-refractivity contribution in [3.05, 3.63) is 75.6 Å². The van der Waals surface area contributed by atoms with Crippen LogP contribution >= 0.6 is 11.8 Å². The Morgan fingerprint density at radius 1 is 1.23 bits per heavy atom. The van der Waals surface area contributed by atoms with Gasteiger partial charge in [0.2, 0.25) is 6.04 Å². The smallest absolute Gasteiger partial charge is 0.306 e. The van der Waals surface area contributed by atoms with Crippen LogP contribution < -0.4 is 0 Å². The van der Waals surface area contributed by atoms with Crippen molar-refractivity contribution in [2.45, 2.75) is 35.4 Å². The Labute approximate surface area is 154 Å². The molecule has 26 heavy (non-hydrogen) atoms. The summed E-state index contributed by atoms with van der Waals surface area (Å²) in [5.41, 5.74) is 1.45. The first-order chi connectivity index (χ1) is 12.5. The fourth-order valence-corrected chi connectivity index (χ4v) is 4.81. The zero-order valence-electron chi connectivity index (χ0n) is 14.1. The zero-order chi connectivity index (χ0) is 18.7. The van der Waals surface area contributed by atoms with Crippen molar-refractivity contribution < 1.29 is 18.8 Å². The van der Waals surface area contributed by atoms with E-state index < -0.39 is 29.0 Å². The Hall–Kier alpha value is -2.41. The molecule has 0 fully saturated rings. The molecule has 0 unspecified atom stereocenters. The lowest BCUT2D eigenvalue weighted by molar-refractivity contribution is -0.527. The fraction of sp³-hybridized carbons (Fsp3) is 0.316. The highest BCUT2D eigenvalue weighted by atomic mass is 32.2. The van der Waals surface area contributed by atoms with Gasteiger partial charge in [0.1, 0.15) is 11.1 Å². The number of rotatable bonds is 5. The standard InChI is InChI=1S/C19H18FNO4S/c1-2-25-17(22)11-15-14-5-3-4-6-16(14)26-19(18(15)21(23)24)12-7-9-13(20)10-8-12/h3-10,15,18-19H,2,11H2,1H3/t15-,18+,19-/m1/s1. The zero-order valence-corrected chi connectivity index (χ0v) is 14.9. The molecule has 5 nitrogen and oxygen atoms in total. The molecule has 0 saturated heterocycles. The Balaban J connectivity index is 2.05. The van der Waals surface area contributed by atoms with E-state index in [9.17, 15) is 19.3 Å². The summed E-state index contributed by atoms with van der Waals surface area (Å²) in [6.07, 6.45) is -0.0608. The van der Waals surface area contributed by atoms with Gasteiger partial charge < -0.3 is 4.74 Å². The third-order valence-electron chi connectivity index (χ3n) is 4.43.